The van der Waals surface area contributed by atoms with Gasteiger partial charge in [-0.25, -0.2) is 4.57 Å². The summed E-state index contributed by atoms with van der Waals surface area (Å²) in [6.07, 6.45) is 35.7. The van der Waals surface area contributed by atoms with Crippen LogP contribution < -0.4 is 10.6 Å². The van der Waals surface area contributed by atoms with Crippen LogP contribution in [-0.2, 0) is 66.3 Å². The lowest BCUT2D eigenvalue weighted by Crippen LogP contribution is -2.66. The van der Waals surface area contributed by atoms with Gasteiger partial charge >= 0.3 is 31.7 Å². The van der Waals surface area contributed by atoms with Crippen molar-refractivity contribution in [3.63, 3.8) is 0 Å². The molecule has 6 N–H and O–H groups in total. The topological polar surface area (TPSA) is 289 Å². The number of hydrogen-bond acceptors (Lipinski definition) is 16. The van der Waals surface area contributed by atoms with Gasteiger partial charge in [0.15, 0.2) is 12.4 Å². The molecule has 2 amide bonds. The van der Waals surface area contributed by atoms with Crippen LogP contribution in [0, 0.1) is 0 Å². The van der Waals surface area contributed by atoms with E-state index in [2.05, 4.69) is 45.3 Å². The smallest absolute Gasteiger partial charge is 0.462 e. The Kier molecular flexibility index (Phi) is 60.1. The Morgan fingerprint density at radius 2 is 0.724 bits per heavy atom. The van der Waals surface area contributed by atoms with Crippen LogP contribution in [0.2, 0.25) is 0 Å². The largest absolute Gasteiger partial charge is 0.470 e. The highest BCUT2D eigenvalue weighted by molar-refractivity contribution is 7.46. The van der Waals surface area contributed by atoms with Crippen LogP contribution in [0.4, 0.5) is 0 Å². The van der Waals surface area contributed by atoms with E-state index < -0.39 is 119 Å². The first-order valence-electron chi connectivity index (χ1n) is 40.1. The lowest BCUT2D eigenvalue weighted by molar-refractivity contribution is -0.272. The van der Waals surface area contributed by atoms with E-state index in [1.807, 2.05) is 6.92 Å². The van der Waals surface area contributed by atoms with Gasteiger partial charge in [0, 0.05) is 19.3 Å². The fraction of sp³-hybridized carbons (Fsp3) is 0.922. The third-order valence-electron chi connectivity index (χ3n) is 18.7. The summed E-state index contributed by atoms with van der Waals surface area (Å²) in [4.78, 5) is 104. The summed E-state index contributed by atoms with van der Waals surface area (Å²) in [6.45, 7) is 10.8. The SMILES string of the molecule is CCCCCCCCCCC[C@H](CC(=O)N[C@H](CO)CO[C@H]1O[C@H](CO)[C@@H](OP(=O)(O)O)[C@H](OC(=O)C[C@@H](CCCCCCCCCCC)OC(=O)CCCCCCCCC)[C@H]1NC(=O)C[C@@H](CCCCCCCCCCC)OC(=O)CCCCC)OC(=O)CCCCCCCCC. The minimum Gasteiger partial charge on any atom is -0.462 e. The van der Waals surface area contributed by atoms with Crippen molar-refractivity contribution in [1.29, 1.82) is 0 Å². The number of carbonyl (C=O) groups excluding carboxylic acids is 6. The zero-order chi connectivity index (χ0) is 72.1. The van der Waals surface area contributed by atoms with Crippen LogP contribution in [-0.4, -0.2) is 131 Å². The van der Waals surface area contributed by atoms with Gasteiger partial charge in [-0.05, 0) is 57.8 Å². The predicted molar refractivity (Wildman–Crippen MR) is 388 cm³/mol. The Hall–Kier alpha value is -3.23. The van der Waals surface area contributed by atoms with Gasteiger partial charge in [-0.15, -0.1) is 0 Å². The second-order valence-electron chi connectivity index (χ2n) is 28.1. The molecule has 0 aromatic carbocycles. The molecule has 1 rings (SSSR count). The number of amides is 2. The molecule has 0 bridgehead atoms. The van der Waals surface area contributed by atoms with E-state index in [1.165, 1.54) is 57.8 Å². The van der Waals surface area contributed by atoms with Crippen LogP contribution in [0.25, 0.3) is 0 Å². The Labute approximate surface area is 594 Å². The number of ether oxygens (including phenoxy) is 6. The van der Waals surface area contributed by atoms with E-state index in [9.17, 15) is 53.3 Å². The fourth-order valence-corrected chi connectivity index (χ4v) is 13.4. The Balaban J connectivity index is 3.76. The molecule has 0 radical (unpaired) electrons. The molecule has 0 aromatic heterocycles. The van der Waals surface area contributed by atoms with E-state index >= 15 is 0 Å². The van der Waals surface area contributed by atoms with Crippen molar-refractivity contribution in [3.05, 3.63) is 0 Å². The van der Waals surface area contributed by atoms with Crippen molar-refractivity contribution < 1.29 is 86.3 Å². The van der Waals surface area contributed by atoms with Gasteiger partial charge in [0.1, 0.15) is 36.6 Å². The maximum Gasteiger partial charge on any atom is 0.470 e. The van der Waals surface area contributed by atoms with Crippen LogP contribution in [0.15, 0.2) is 0 Å². The van der Waals surface area contributed by atoms with Crippen molar-refractivity contribution in [1.82, 2.24) is 10.6 Å². The van der Waals surface area contributed by atoms with Gasteiger partial charge in [-0.2, -0.15) is 0 Å². The van der Waals surface area contributed by atoms with Crippen LogP contribution in [0.1, 0.15) is 382 Å². The summed E-state index contributed by atoms with van der Waals surface area (Å²) in [5.41, 5.74) is 0. The van der Waals surface area contributed by atoms with Crippen molar-refractivity contribution in [2.24, 2.45) is 0 Å². The zero-order valence-electron chi connectivity index (χ0n) is 62.7. The molecule has 1 aliphatic rings. The summed E-state index contributed by atoms with van der Waals surface area (Å²) in [5.74, 6) is -3.55. The number of esters is 4. The molecule has 20 nitrogen and oxygen atoms in total. The average molecular weight is 1420 g/mol. The number of aliphatic hydroxyl groups excluding tert-OH is 2. The fourth-order valence-electron chi connectivity index (χ4n) is 12.8. The number of nitrogens with one attached hydrogen (secondary N) is 2. The van der Waals surface area contributed by atoms with Gasteiger partial charge < -0.3 is 59.1 Å². The first-order valence-corrected chi connectivity index (χ1v) is 41.6. The van der Waals surface area contributed by atoms with Crippen molar-refractivity contribution in [2.75, 3.05) is 19.8 Å². The highest BCUT2D eigenvalue weighted by Crippen LogP contribution is 2.42. The van der Waals surface area contributed by atoms with Crippen molar-refractivity contribution >= 4 is 43.5 Å². The first kappa shape index (κ1) is 92.8. The molecule has 1 aliphatic heterocycles. The molecule has 0 aliphatic carbocycles. The molecule has 21 heteroatoms. The molecular weight excluding hydrogens is 1270 g/mol. The second kappa shape index (κ2) is 63.5. The number of rotatable bonds is 69. The van der Waals surface area contributed by atoms with Gasteiger partial charge in [0.25, 0.3) is 0 Å². The molecule has 1 heterocycles. The molecular formula is C77H145N2O18P. The van der Waals surface area contributed by atoms with E-state index in [0.29, 0.717) is 51.4 Å². The van der Waals surface area contributed by atoms with Crippen molar-refractivity contribution in [2.45, 2.75) is 437 Å². The van der Waals surface area contributed by atoms with Crippen LogP contribution >= 0.6 is 7.82 Å². The summed E-state index contributed by atoms with van der Waals surface area (Å²) < 4.78 is 55.0. The van der Waals surface area contributed by atoms with Gasteiger partial charge in [-0.1, -0.05) is 286 Å². The maximum absolute atomic E-state index is 14.7. The highest BCUT2D eigenvalue weighted by atomic mass is 31.2. The normalized spacial score (nSPS) is 17.6. The minimum atomic E-state index is -5.50. The molecule has 576 valence electrons. The summed E-state index contributed by atoms with van der Waals surface area (Å²) in [5, 5.41) is 27.3. The second-order valence-corrected chi connectivity index (χ2v) is 29.3. The monoisotopic (exact) mass is 1420 g/mol. The molecule has 0 unspecified atom stereocenters. The maximum atomic E-state index is 14.7. The van der Waals surface area contributed by atoms with Crippen LogP contribution in [0.3, 0.4) is 0 Å². The lowest BCUT2D eigenvalue weighted by Gasteiger charge is -2.45. The number of hydrogen-bond donors (Lipinski definition) is 6. The van der Waals surface area contributed by atoms with Gasteiger partial charge in [0.2, 0.25) is 11.8 Å². The molecule has 9 atom stereocenters. The zero-order valence-corrected chi connectivity index (χ0v) is 63.6. The van der Waals surface area contributed by atoms with Crippen molar-refractivity contribution in [3.8, 4) is 0 Å². The summed E-state index contributed by atoms with van der Waals surface area (Å²) in [6, 6.07) is -2.80. The first-order chi connectivity index (χ1) is 47.5. The Morgan fingerprint density at radius 3 is 1.07 bits per heavy atom. The molecule has 1 fully saturated rings. The number of phosphoric acid groups is 1. The molecule has 1 saturated heterocycles. The minimum absolute atomic E-state index is 0.150. The summed E-state index contributed by atoms with van der Waals surface area (Å²) >= 11 is 0. The number of unbranched alkanes of at least 4 members (excludes halogenated alkanes) is 38. The quantitative estimate of drug-likeness (QED) is 0.0143. The number of phosphoric ester groups is 1. The molecule has 0 aromatic rings. The Morgan fingerprint density at radius 1 is 0.408 bits per heavy atom. The van der Waals surface area contributed by atoms with Crippen LogP contribution in [0.5, 0.6) is 0 Å². The number of aliphatic hydroxyl groups is 2. The van der Waals surface area contributed by atoms with E-state index in [-0.39, 0.29) is 38.1 Å². The van der Waals surface area contributed by atoms with E-state index in [0.717, 1.165) is 193 Å². The third-order valence-corrected chi connectivity index (χ3v) is 19.2. The molecule has 0 saturated carbocycles. The predicted octanol–water partition coefficient (Wildman–Crippen LogP) is 17.6. The summed E-state index contributed by atoms with van der Waals surface area (Å²) in [7, 11) is -5.50. The lowest BCUT2D eigenvalue weighted by atomic mass is 9.95. The van der Waals surface area contributed by atoms with E-state index in [1.54, 1.807) is 0 Å². The Bertz CT molecular complexity index is 2010. The number of carbonyl (C=O) groups is 6. The van der Waals surface area contributed by atoms with E-state index in [4.69, 9.17) is 32.9 Å². The standard InChI is InChI=1S/C77H145N2O18P/c1-7-13-19-24-29-32-37-40-46-51-64(92-71(85)55-49-43-35-27-22-16-10-4)57-68(82)78-63(60-80)62-91-77-74(79-69(83)58-65(93-70(84)54-45-18-12-6)52-47-41-38-33-30-25-20-14-8-2)76(75(67(61-81)95-77)97-98(88,89)90)96-73(87)59-66(53-48-42-39-34-31-26-21-15-9-3)94-72(86)56-50-44-36-28-23-17-11-5/h63-67,74-77,80-81H,7-62H2,1-6H3,(H,78,82)(H,79,83)(H2,88,89,90)/t63-,64-,65-,66-,67-,74-,75-,76-,77+/m1/s1. The average Bonchev–Trinajstić information content (AvgIpc) is 0.786. The van der Waals surface area contributed by atoms with Gasteiger partial charge in [-0.3, -0.25) is 33.3 Å². The third kappa shape index (κ3) is 51.8. The molecule has 98 heavy (non-hydrogen) atoms. The van der Waals surface area contributed by atoms with Gasteiger partial charge in [0.05, 0.1) is 45.1 Å². The molecule has 0 spiro atoms. The highest BCUT2D eigenvalue weighted by Gasteiger charge is 2.52.